The number of nitrogens with zero attached hydrogens (tertiary/aromatic N) is 1. The van der Waals surface area contributed by atoms with Gasteiger partial charge in [-0.25, -0.2) is 0 Å². The van der Waals surface area contributed by atoms with Crippen LogP contribution in [0.1, 0.15) is 17.9 Å². The highest BCUT2D eigenvalue weighted by atomic mass is 35.5. The maximum atomic E-state index is 13.1. The normalized spacial score (nSPS) is 14.6. The van der Waals surface area contributed by atoms with Crippen LogP contribution in [0.2, 0.25) is 5.02 Å². The predicted octanol–water partition coefficient (Wildman–Crippen LogP) is 3.25. The van der Waals surface area contributed by atoms with E-state index in [4.69, 9.17) is 21.1 Å². The Balaban J connectivity index is 1.66. The van der Waals surface area contributed by atoms with Gasteiger partial charge in [0, 0.05) is 11.4 Å². The number of aromatic nitrogens is 2. The van der Waals surface area contributed by atoms with Crippen molar-refractivity contribution < 1.29 is 19.1 Å². The van der Waals surface area contributed by atoms with Gasteiger partial charge in [-0.05, 0) is 30.3 Å². The van der Waals surface area contributed by atoms with Gasteiger partial charge in [-0.15, -0.1) is 0 Å². The smallest absolute Gasteiger partial charge is 0.258 e. The molecule has 0 radical (unpaired) electrons. The Morgan fingerprint density at radius 3 is 2.58 bits per heavy atom. The summed E-state index contributed by atoms with van der Waals surface area (Å²) in [5.74, 6) is -1.06. The van der Waals surface area contributed by atoms with E-state index in [0.717, 1.165) is 0 Å². The zero-order valence-corrected chi connectivity index (χ0v) is 18.4. The molecule has 0 fully saturated rings. The molecule has 1 aliphatic rings. The molecule has 1 atom stereocenters. The molecule has 2 heterocycles. The van der Waals surface area contributed by atoms with Crippen molar-refractivity contribution in [2.45, 2.75) is 12.3 Å². The van der Waals surface area contributed by atoms with Gasteiger partial charge in [0.1, 0.15) is 17.3 Å². The number of hydrogen-bond donors (Lipinski definition) is 4. The van der Waals surface area contributed by atoms with Gasteiger partial charge in [-0.3, -0.25) is 19.4 Å². The number of para-hydroxylation sites is 2. The Kier molecular flexibility index (Phi) is 6.18. The molecule has 2 amide bonds. The van der Waals surface area contributed by atoms with Crippen LogP contribution in [0.3, 0.4) is 0 Å². The van der Waals surface area contributed by atoms with Crippen LogP contribution in [0.5, 0.6) is 11.5 Å². The lowest BCUT2D eigenvalue weighted by atomic mass is 9.92. The second-order valence-electron chi connectivity index (χ2n) is 7.14. The van der Waals surface area contributed by atoms with E-state index in [1.807, 2.05) is 0 Å². The summed E-state index contributed by atoms with van der Waals surface area (Å²) in [6.45, 7) is 0. The first-order chi connectivity index (χ1) is 15.9. The first-order valence-corrected chi connectivity index (χ1v) is 10.3. The minimum atomic E-state index is -1.06. The minimum Gasteiger partial charge on any atom is -0.495 e. The molecule has 1 aliphatic heterocycles. The highest BCUT2D eigenvalue weighted by molar-refractivity contribution is 6.31. The highest BCUT2D eigenvalue weighted by Crippen LogP contribution is 2.33. The molecule has 33 heavy (non-hydrogen) atoms. The number of benzene rings is 2. The Hall–Kier alpha value is -4.05. The first kappa shape index (κ1) is 22.2. The zero-order valence-electron chi connectivity index (χ0n) is 17.7. The van der Waals surface area contributed by atoms with Gasteiger partial charge in [0.25, 0.3) is 5.56 Å². The quantitative estimate of drug-likeness (QED) is 0.435. The van der Waals surface area contributed by atoms with Gasteiger partial charge in [0.05, 0.1) is 37.1 Å². The SMILES string of the molecule is COc1ccc(Cl)cc1NC(=O)C1CC(=O)Nc2nc(Nc3ccccc3OC)[nH]c(=O)c21. The number of ether oxygens (including phenoxy) is 2. The average Bonchev–Trinajstić information content (AvgIpc) is 2.78. The van der Waals surface area contributed by atoms with Crippen molar-refractivity contribution >= 4 is 46.6 Å². The van der Waals surface area contributed by atoms with Gasteiger partial charge in [-0.2, -0.15) is 4.98 Å². The summed E-state index contributed by atoms with van der Waals surface area (Å²) in [6, 6.07) is 11.8. The van der Waals surface area contributed by atoms with Crippen molar-refractivity contribution in [2.75, 3.05) is 30.2 Å². The van der Waals surface area contributed by atoms with E-state index in [-0.39, 0.29) is 23.8 Å². The van der Waals surface area contributed by atoms with E-state index >= 15 is 0 Å². The number of methoxy groups -OCH3 is 2. The van der Waals surface area contributed by atoms with Crippen molar-refractivity contribution in [1.29, 1.82) is 0 Å². The fourth-order valence-corrected chi connectivity index (χ4v) is 3.70. The van der Waals surface area contributed by atoms with Crippen molar-refractivity contribution in [3.63, 3.8) is 0 Å². The van der Waals surface area contributed by atoms with Crippen molar-refractivity contribution in [3.05, 3.63) is 63.4 Å². The van der Waals surface area contributed by atoms with Crippen molar-refractivity contribution in [2.24, 2.45) is 0 Å². The minimum absolute atomic E-state index is 0.00519. The van der Waals surface area contributed by atoms with Gasteiger partial charge in [-0.1, -0.05) is 23.7 Å². The number of H-pyrrole nitrogens is 1. The van der Waals surface area contributed by atoms with E-state index in [2.05, 4.69) is 25.9 Å². The number of halogens is 1. The Morgan fingerprint density at radius 2 is 1.82 bits per heavy atom. The summed E-state index contributed by atoms with van der Waals surface area (Å²) in [6.07, 6.45) is -0.217. The molecule has 10 nitrogen and oxygen atoms in total. The number of fused-ring (bicyclic) bond motifs is 1. The summed E-state index contributed by atoms with van der Waals surface area (Å²) in [4.78, 5) is 45.2. The fourth-order valence-electron chi connectivity index (χ4n) is 3.53. The molecule has 0 saturated carbocycles. The van der Waals surface area contributed by atoms with E-state index in [1.165, 1.54) is 20.3 Å². The summed E-state index contributed by atoms with van der Waals surface area (Å²) in [5, 5.41) is 8.61. The monoisotopic (exact) mass is 469 g/mol. The molecule has 1 unspecified atom stereocenters. The third-order valence-corrected chi connectivity index (χ3v) is 5.28. The van der Waals surface area contributed by atoms with Crippen molar-refractivity contribution in [1.82, 2.24) is 9.97 Å². The maximum Gasteiger partial charge on any atom is 0.258 e. The molecule has 170 valence electrons. The number of nitrogens with one attached hydrogen (secondary N) is 4. The lowest BCUT2D eigenvalue weighted by molar-refractivity contribution is -0.123. The molecule has 0 saturated heterocycles. The molecule has 0 spiro atoms. The van der Waals surface area contributed by atoms with Gasteiger partial charge < -0.3 is 25.4 Å². The summed E-state index contributed by atoms with van der Waals surface area (Å²) in [7, 11) is 2.97. The molecule has 4 N–H and O–H groups in total. The predicted molar refractivity (Wildman–Crippen MR) is 124 cm³/mol. The Morgan fingerprint density at radius 1 is 1.09 bits per heavy atom. The number of rotatable bonds is 6. The lowest BCUT2D eigenvalue weighted by Gasteiger charge is -2.24. The number of carbonyl (C=O) groups is 2. The molecular formula is C22H20ClN5O5. The number of anilines is 4. The maximum absolute atomic E-state index is 13.1. The number of hydrogen-bond acceptors (Lipinski definition) is 7. The van der Waals surface area contributed by atoms with Gasteiger partial charge in [0.15, 0.2) is 0 Å². The second-order valence-corrected chi connectivity index (χ2v) is 7.58. The fraction of sp³-hybridized carbons (Fsp3) is 0.182. The summed E-state index contributed by atoms with van der Waals surface area (Å²) >= 11 is 6.03. The third kappa shape index (κ3) is 4.60. The van der Waals surface area contributed by atoms with Gasteiger partial charge in [0.2, 0.25) is 17.8 Å². The summed E-state index contributed by atoms with van der Waals surface area (Å²) < 4.78 is 10.5. The molecule has 11 heteroatoms. The van der Waals surface area contributed by atoms with Crippen LogP contribution in [0.4, 0.5) is 23.1 Å². The number of carbonyl (C=O) groups excluding carboxylic acids is 2. The average molecular weight is 470 g/mol. The van der Waals surface area contributed by atoms with E-state index in [0.29, 0.717) is 27.9 Å². The standard InChI is InChI=1S/C22H20ClN5O5/c1-32-15-6-4-3-5-13(15)25-22-27-19-18(21(31)28-22)12(10-17(29)26-19)20(30)24-14-9-11(23)7-8-16(14)33-2/h3-9,12H,10H2,1-2H3,(H,24,30)(H3,25,26,27,28,29,31). The topological polar surface area (TPSA) is 134 Å². The number of aromatic amines is 1. The highest BCUT2D eigenvalue weighted by Gasteiger charge is 2.35. The largest absolute Gasteiger partial charge is 0.495 e. The number of amides is 2. The zero-order chi connectivity index (χ0) is 23.5. The van der Waals surface area contributed by atoms with Gasteiger partial charge >= 0.3 is 0 Å². The van der Waals surface area contributed by atoms with Crippen LogP contribution in [0.15, 0.2) is 47.3 Å². The second kappa shape index (κ2) is 9.21. The van der Waals surface area contributed by atoms with Crippen LogP contribution < -0.4 is 31.0 Å². The Labute approximate surface area is 193 Å². The van der Waals surface area contributed by atoms with E-state index in [1.54, 1.807) is 36.4 Å². The lowest BCUT2D eigenvalue weighted by Crippen LogP contribution is -2.36. The molecule has 2 aromatic carbocycles. The molecule has 0 bridgehead atoms. The van der Waals surface area contributed by atoms with Crippen molar-refractivity contribution in [3.8, 4) is 11.5 Å². The molecule has 1 aromatic heterocycles. The Bertz CT molecular complexity index is 1290. The summed E-state index contributed by atoms with van der Waals surface area (Å²) in [5.41, 5.74) is 0.378. The molecular weight excluding hydrogens is 450 g/mol. The molecule has 4 rings (SSSR count). The van der Waals surface area contributed by atoms with E-state index in [9.17, 15) is 14.4 Å². The molecule has 0 aliphatic carbocycles. The van der Waals surface area contributed by atoms with Crippen LogP contribution in [0, 0.1) is 0 Å². The van der Waals surface area contributed by atoms with Crippen LogP contribution in [0.25, 0.3) is 0 Å². The van der Waals surface area contributed by atoms with Crippen LogP contribution >= 0.6 is 11.6 Å². The van der Waals surface area contributed by atoms with Crippen LogP contribution in [-0.4, -0.2) is 36.0 Å². The first-order valence-electron chi connectivity index (χ1n) is 9.88. The van der Waals surface area contributed by atoms with Crippen LogP contribution in [-0.2, 0) is 9.59 Å². The van der Waals surface area contributed by atoms with E-state index < -0.39 is 23.3 Å². The molecule has 3 aromatic rings. The third-order valence-electron chi connectivity index (χ3n) is 5.05.